The van der Waals surface area contributed by atoms with Crippen LogP contribution in [-0.2, 0) is 6.61 Å². The summed E-state index contributed by atoms with van der Waals surface area (Å²) in [4.78, 5) is 36.0. The predicted octanol–water partition coefficient (Wildman–Crippen LogP) is 2.97. The number of amides is 3. The Bertz CT molecular complexity index is 1180. The van der Waals surface area contributed by atoms with Gasteiger partial charge < -0.3 is 21.1 Å². The van der Waals surface area contributed by atoms with E-state index < -0.39 is 17.6 Å². The van der Waals surface area contributed by atoms with E-state index in [0.717, 1.165) is 5.56 Å². The number of hydrogen-bond acceptors (Lipinski definition) is 4. The summed E-state index contributed by atoms with van der Waals surface area (Å²) in [5, 5.41) is 5.36. The van der Waals surface area contributed by atoms with Gasteiger partial charge in [0.1, 0.15) is 18.2 Å². The number of halogens is 1. The number of ether oxygens (including phenoxy) is 1. The first-order valence-corrected chi connectivity index (χ1v) is 10.3. The summed E-state index contributed by atoms with van der Waals surface area (Å²) in [6.07, 6.45) is 0. The van der Waals surface area contributed by atoms with Gasteiger partial charge in [-0.1, -0.05) is 30.3 Å². The van der Waals surface area contributed by atoms with Crippen molar-refractivity contribution in [2.24, 2.45) is 5.73 Å². The van der Waals surface area contributed by atoms with Gasteiger partial charge in [-0.2, -0.15) is 0 Å². The van der Waals surface area contributed by atoms with E-state index >= 15 is 0 Å². The SMILES string of the molecule is Cc1ccc(C(=O)NCCNC(=O)c2cccc(COc3ccccc3C(N)=O)c2)cc1F. The maximum atomic E-state index is 13.6. The van der Waals surface area contributed by atoms with Crippen LogP contribution in [0.15, 0.2) is 66.7 Å². The maximum absolute atomic E-state index is 13.6. The van der Waals surface area contributed by atoms with E-state index in [1.165, 1.54) is 12.1 Å². The number of nitrogens with one attached hydrogen (secondary N) is 2. The second-order valence-electron chi connectivity index (χ2n) is 7.33. The summed E-state index contributed by atoms with van der Waals surface area (Å²) in [5.74, 6) is -1.40. The van der Waals surface area contributed by atoms with Crippen molar-refractivity contribution in [1.29, 1.82) is 0 Å². The lowest BCUT2D eigenvalue weighted by molar-refractivity contribution is 0.0927. The summed E-state index contributed by atoms with van der Waals surface area (Å²) in [7, 11) is 0. The molecule has 3 aromatic rings. The lowest BCUT2D eigenvalue weighted by atomic mass is 10.1. The van der Waals surface area contributed by atoms with Crippen LogP contribution in [0.5, 0.6) is 5.75 Å². The molecule has 3 aromatic carbocycles. The van der Waals surface area contributed by atoms with E-state index in [1.54, 1.807) is 61.5 Å². The predicted molar refractivity (Wildman–Crippen MR) is 122 cm³/mol. The molecular formula is C25H24FN3O4. The highest BCUT2D eigenvalue weighted by molar-refractivity contribution is 5.96. The molecule has 8 heteroatoms. The maximum Gasteiger partial charge on any atom is 0.252 e. The molecule has 0 aliphatic carbocycles. The molecule has 7 nitrogen and oxygen atoms in total. The zero-order chi connectivity index (χ0) is 23.8. The van der Waals surface area contributed by atoms with E-state index in [0.29, 0.717) is 16.9 Å². The van der Waals surface area contributed by atoms with Crippen LogP contribution in [0.4, 0.5) is 4.39 Å². The van der Waals surface area contributed by atoms with Crippen molar-refractivity contribution in [2.75, 3.05) is 13.1 Å². The molecule has 3 amide bonds. The van der Waals surface area contributed by atoms with Crippen LogP contribution in [0.1, 0.15) is 42.2 Å². The summed E-state index contributed by atoms with van der Waals surface area (Å²) in [6, 6.07) is 17.8. The molecule has 0 fully saturated rings. The Morgan fingerprint density at radius 1 is 0.879 bits per heavy atom. The molecule has 3 rings (SSSR count). The van der Waals surface area contributed by atoms with Crippen molar-refractivity contribution < 1.29 is 23.5 Å². The number of aryl methyl sites for hydroxylation is 1. The minimum atomic E-state index is -0.585. The van der Waals surface area contributed by atoms with Crippen molar-refractivity contribution in [2.45, 2.75) is 13.5 Å². The molecular weight excluding hydrogens is 425 g/mol. The molecule has 0 heterocycles. The smallest absolute Gasteiger partial charge is 0.252 e. The normalized spacial score (nSPS) is 10.4. The number of nitrogens with two attached hydrogens (primary N) is 1. The highest BCUT2D eigenvalue weighted by Gasteiger charge is 2.11. The Labute approximate surface area is 190 Å². The number of primary amides is 1. The van der Waals surface area contributed by atoms with Gasteiger partial charge in [-0.15, -0.1) is 0 Å². The number of carbonyl (C=O) groups is 3. The molecule has 170 valence electrons. The minimum absolute atomic E-state index is 0.147. The van der Waals surface area contributed by atoms with E-state index in [1.807, 2.05) is 0 Å². The van der Waals surface area contributed by atoms with Gasteiger partial charge in [0.25, 0.3) is 17.7 Å². The Morgan fingerprint density at radius 3 is 2.21 bits per heavy atom. The molecule has 0 aromatic heterocycles. The van der Waals surface area contributed by atoms with Gasteiger partial charge in [0.15, 0.2) is 0 Å². The number of para-hydroxylation sites is 1. The van der Waals surface area contributed by atoms with Crippen molar-refractivity contribution >= 4 is 17.7 Å². The fourth-order valence-corrected chi connectivity index (χ4v) is 3.05. The van der Waals surface area contributed by atoms with Crippen molar-refractivity contribution in [3.05, 3.63) is 100 Å². The topological polar surface area (TPSA) is 111 Å². The molecule has 0 radical (unpaired) electrons. The first kappa shape index (κ1) is 23.5. The molecule has 0 spiro atoms. The molecule has 4 N–H and O–H groups in total. The Morgan fingerprint density at radius 2 is 1.55 bits per heavy atom. The molecule has 0 saturated heterocycles. The van der Waals surface area contributed by atoms with Crippen LogP contribution in [0.2, 0.25) is 0 Å². The molecule has 33 heavy (non-hydrogen) atoms. The van der Waals surface area contributed by atoms with Crippen LogP contribution in [0.25, 0.3) is 0 Å². The van der Waals surface area contributed by atoms with Gasteiger partial charge in [0, 0.05) is 24.2 Å². The second-order valence-corrected chi connectivity index (χ2v) is 7.33. The zero-order valence-corrected chi connectivity index (χ0v) is 18.1. The number of benzene rings is 3. The van der Waals surface area contributed by atoms with Gasteiger partial charge in [-0.25, -0.2) is 4.39 Å². The Balaban J connectivity index is 1.50. The van der Waals surface area contributed by atoms with E-state index in [-0.39, 0.29) is 36.7 Å². The van der Waals surface area contributed by atoms with E-state index in [4.69, 9.17) is 10.5 Å². The number of carbonyl (C=O) groups excluding carboxylic acids is 3. The van der Waals surface area contributed by atoms with Crippen LogP contribution in [0, 0.1) is 12.7 Å². The van der Waals surface area contributed by atoms with E-state index in [9.17, 15) is 18.8 Å². The van der Waals surface area contributed by atoms with Crippen molar-refractivity contribution in [1.82, 2.24) is 10.6 Å². The number of rotatable bonds is 9. The van der Waals surface area contributed by atoms with Crippen molar-refractivity contribution in [3.8, 4) is 5.75 Å². The van der Waals surface area contributed by atoms with Gasteiger partial charge >= 0.3 is 0 Å². The molecule has 0 unspecified atom stereocenters. The van der Waals surface area contributed by atoms with Gasteiger partial charge in [-0.05, 0) is 54.4 Å². The van der Waals surface area contributed by atoms with Gasteiger partial charge in [-0.3, -0.25) is 14.4 Å². The average molecular weight is 449 g/mol. The molecule has 0 atom stereocenters. The summed E-state index contributed by atoms with van der Waals surface area (Å²) >= 11 is 0. The summed E-state index contributed by atoms with van der Waals surface area (Å²) in [6.45, 7) is 2.15. The summed E-state index contributed by atoms with van der Waals surface area (Å²) in [5.41, 5.74) is 7.47. The van der Waals surface area contributed by atoms with Crippen LogP contribution >= 0.6 is 0 Å². The third-order valence-electron chi connectivity index (χ3n) is 4.87. The Hall–Kier alpha value is -4.20. The average Bonchev–Trinajstić information content (AvgIpc) is 2.82. The Kier molecular flexibility index (Phi) is 7.75. The molecule has 0 saturated carbocycles. The lowest BCUT2D eigenvalue weighted by Gasteiger charge is -2.11. The largest absolute Gasteiger partial charge is 0.488 e. The van der Waals surface area contributed by atoms with Crippen LogP contribution in [-0.4, -0.2) is 30.8 Å². The first-order valence-electron chi connectivity index (χ1n) is 10.3. The minimum Gasteiger partial charge on any atom is -0.488 e. The first-order chi connectivity index (χ1) is 15.8. The molecule has 0 aliphatic rings. The van der Waals surface area contributed by atoms with E-state index in [2.05, 4.69) is 10.6 Å². The highest BCUT2D eigenvalue weighted by atomic mass is 19.1. The number of hydrogen-bond donors (Lipinski definition) is 3. The van der Waals surface area contributed by atoms with Gasteiger partial charge in [0.2, 0.25) is 0 Å². The molecule has 0 aliphatic heterocycles. The monoisotopic (exact) mass is 449 g/mol. The quantitative estimate of drug-likeness (QED) is 0.436. The third kappa shape index (κ3) is 6.39. The van der Waals surface area contributed by atoms with Crippen LogP contribution < -0.4 is 21.1 Å². The lowest BCUT2D eigenvalue weighted by Crippen LogP contribution is -2.34. The second kappa shape index (κ2) is 10.9. The highest BCUT2D eigenvalue weighted by Crippen LogP contribution is 2.19. The van der Waals surface area contributed by atoms with Crippen molar-refractivity contribution in [3.63, 3.8) is 0 Å². The van der Waals surface area contributed by atoms with Gasteiger partial charge in [0.05, 0.1) is 5.56 Å². The third-order valence-corrected chi connectivity index (χ3v) is 4.87. The fraction of sp³-hybridized carbons (Fsp3) is 0.160. The zero-order valence-electron chi connectivity index (χ0n) is 18.1. The molecule has 0 bridgehead atoms. The summed E-state index contributed by atoms with van der Waals surface area (Å²) < 4.78 is 19.3. The fourth-order valence-electron chi connectivity index (χ4n) is 3.05. The standard InChI is InChI=1S/C25H24FN3O4/c1-16-9-10-19(14-21(16)26)25(32)29-12-11-28-24(31)18-6-4-5-17(13-18)15-33-22-8-3-2-7-20(22)23(27)30/h2-10,13-14H,11-12,15H2,1H3,(H2,27,30)(H,28,31)(H,29,32). The van der Waals surface area contributed by atoms with Crippen LogP contribution in [0.3, 0.4) is 0 Å².